The second-order valence-electron chi connectivity index (χ2n) is 2.29. The molecule has 0 saturated heterocycles. The van der Waals surface area contributed by atoms with Crippen LogP contribution in [-0.2, 0) is 0 Å². The molecule has 80 valence electrons. The van der Waals surface area contributed by atoms with Crippen molar-refractivity contribution in [1.82, 2.24) is 9.66 Å². The first-order chi connectivity index (χ1) is 6.97. The van der Waals surface area contributed by atoms with E-state index in [0.29, 0.717) is 6.20 Å². The van der Waals surface area contributed by atoms with Crippen molar-refractivity contribution in [3.63, 3.8) is 0 Å². The van der Waals surface area contributed by atoms with Gasteiger partial charge in [-0.25, -0.2) is 9.59 Å². The number of nitrogens with two attached hydrogens (primary N) is 1. The molecule has 0 atom stereocenters. The summed E-state index contributed by atoms with van der Waals surface area (Å²) in [4.78, 5) is 43.7. The van der Waals surface area contributed by atoms with Crippen LogP contribution in [0.25, 0.3) is 0 Å². The van der Waals surface area contributed by atoms with Gasteiger partial charge in [0.05, 0.1) is 11.5 Å². The number of halogens is 1. The van der Waals surface area contributed by atoms with Crippen LogP contribution in [0, 0.1) is 10.7 Å². The third-order valence-corrected chi connectivity index (χ3v) is 1.36. The van der Waals surface area contributed by atoms with Crippen LogP contribution in [0.1, 0.15) is 0 Å². The number of hydrogen-bond donors (Lipinski definition) is 2. The number of H-pyrrole nitrogens is 1. The maximum atomic E-state index is 12.7. The van der Waals surface area contributed by atoms with Crippen LogP contribution in [0.15, 0.2) is 21.1 Å². The Morgan fingerprint density at radius 3 is 2.67 bits per heavy atom. The smallest absolute Gasteiger partial charge is 0.348 e. The van der Waals surface area contributed by atoms with Crippen molar-refractivity contribution in [3.8, 4) is 0 Å². The number of amides is 2. The number of aromatic nitrogens is 2. The topological polar surface area (TPSA) is 131 Å². The van der Waals surface area contributed by atoms with E-state index in [9.17, 15) is 23.7 Å². The molecule has 0 unspecified atom stereocenters. The van der Waals surface area contributed by atoms with Crippen molar-refractivity contribution in [2.24, 2.45) is 11.0 Å². The second-order valence-corrected chi connectivity index (χ2v) is 2.29. The molecular formula is C5H4FN5O4. The number of nitrogens with zero attached hydrogens (tertiary/aromatic N) is 3. The fourth-order valence-electron chi connectivity index (χ4n) is 0.765. The Morgan fingerprint density at radius 2 is 2.20 bits per heavy atom. The summed E-state index contributed by atoms with van der Waals surface area (Å²) in [5.41, 5.74) is 2.15. The average molecular weight is 217 g/mol. The Labute approximate surface area is 79.8 Å². The fraction of sp³-hybridized carbons (Fsp3) is 0. The Bertz CT molecular complexity index is 519. The van der Waals surface area contributed by atoms with Crippen LogP contribution >= 0.6 is 0 Å². The minimum atomic E-state index is -1.40. The van der Waals surface area contributed by atoms with Gasteiger partial charge in [0.1, 0.15) is 0 Å². The van der Waals surface area contributed by atoms with E-state index >= 15 is 0 Å². The molecule has 15 heavy (non-hydrogen) atoms. The number of nitrogens with one attached hydrogen (secondary N) is 1. The third kappa shape index (κ3) is 1.87. The van der Waals surface area contributed by atoms with E-state index in [0.717, 1.165) is 0 Å². The maximum Gasteiger partial charge on any atom is 0.358 e. The predicted octanol–water partition coefficient (Wildman–Crippen LogP) is -1.63. The van der Waals surface area contributed by atoms with E-state index in [2.05, 4.69) is 11.0 Å². The van der Waals surface area contributed by atoms with E-state index in [1.165, 1.54) is 4.98 Å². The first-order valence-electron chi connectivity index (χ1n) is 3.42. The van der Waals surface area contributed by atoms with Gasteiger partial charge in [0.15, 0.2) is 0 Å². The van der Waals surface area contributed by atoms with Gasteiger partial charge in [-0.05, 0) is 0 Å². The quantitative estimate of drug-likeness (QED) is 0.454. The lowest BCUT2D eigenvalue weighted by Gasteiger charge is -2.11. The molecule has 10 heteroatoms. The molecule has 0 aliphatic rings. The van der Waals surface area contributed by atoms with Crippen molar-refractivity contribution >= 4 is 6.03 Å². The minimum absolute atomic E-state index is 0.131. The highest BCUT2D eigenvalue weighted by Gasteiger charge is 2.16. The number of carbonyl (C=O) groups is 1. The zero-order valence-corrected chi connectivity index (χ0v) is 7.01. The molecule has 9 nitrogen and oxygen atoms in total. The van der Waals surface area contributed by atoms with E-state index in [4.69, 9.17) is 0 Å². The van der Waals surface area contributed by atoms with E-state index in [1.54, 1.807) is 0 Å². The zero-order chi connectivity index (χ0) is 11.6. The maximum absolute atomic E-state index is 12.7. The number of nitroso groups, excluding NO2 is 1. The number of rotatable bonds is 2. The standard InChI is InChI=1S/C5H4FN5O4/c6-2-1-10(5(14)8-3(2)12)11(9-15)4(7)13/h1H,(H2,7,13)(H,8,12,14). The molecule has 0 saturated carbocycles. The second kappa shape index (κ2) is 3.69. The van der Waals surface area contributed by atoms with Gasteiger partial charge < -0.3 is 5.73 Å². The van der Waals surface area contributed by atoms with Crippen LogP contribution in [0.5, 0.6) is 0 Å². The van der Waals surface area contributed by atoms with Crippen molar-refractivity contribution < 1.29 is 9.18 Å². The molecule has 0 fully saturated rings. The van der Waals surface area contributed by atoms with Gasteiger partial charge in [0, 0.05) is 0 Å². The summed E-state index contributed by atoms with van der Waals surface area (Å²) in [6.45, 7) is 0. The van der Waals surface area contributed by atoms with Crippen molar-refractivity contribution in [1.29, 1.82) is 0 Å². The number of urea groups is 1. The number of aromatic amines is 1. The molecule has 0 aliphatic heterocycles. The molecule has 2 amide bonds. The lowest BCUT2D eigenvalue weighted by molar-refractivity contribution is 0.248. The van der Waals surface area contributed by atoms with Gasteiger partial charge in [-0.1, -0.05) is 5.12 Å². The Hall–Kier alpha value is -2.52. The van der Waals surface area contributed by atoms with Crippen LogP contribution in [0.3, 0.4) is 0 Å². The lowest BCUT2D eigenvalue weighted by Crippen LogP contribution is -2.47. The summed E-state index contributed by atoms with van der Waals surface area (Å²) in [6, 6.07) is -1.40. The van der Waals surface area contributed by atoms with E-state index in [-0.39, 0.29) is 9.79 Å². The summed E-state index contributed by atoms with van der Waals surface area (Å²) in [7, 11) is 0. The summed E-state index contributed by atoms with van der Waals surface area (Å²) < 4.78 is 12.8. The van der Waals surface area contributed by atoms with Gasteiger partial charge in [-0.2, -0.15) is 9.07 Å². The molecule has 1 aromatic rings. The summed E-state index contributed by atoms with van der Waals surface area (Å²) in [5.74, 6) is -1.37. The highest BCUT2D eigenvalue weighted by atomic mass is 19.1. The van der Waals surface area contributed by atoms with Crippen LogP contribution in [-0.4, -0.2) is 15.7 Å². The number of carbonyl (C=O) groups excluding carboxylic acids is 1. The predicted molar refractivity (Wildman–Crippen MR) is 44.9 cm³/mol. The Balaban J connectivity index is 3.43. The fourth-order valence-corrected chi connectivity index (χ4v) is 0.765. The molecule has 3 N–H and O–H groups in total. The SMILES string of the molecule is NC(=O)N(N=O)n1cc(F)c(=O)[nH]c1=O. The molecule has 1 aromatic heterocycles. The van der Waals surface area contributed by atoms with Crippen LogP contribution < -0.4 is 22.1 Å². The van der Waals surface area contributed by atoms with Crippen LogP contribution in [0.2, 0.25) is 0 Å². The lowest BCUT2D eigenvalue weighted by atomic mass is 10.6. The first-order valence-corrected chi connectivity index (χ1v) is 3.42. The van der Waals surface area contributed by atoms with Gasteiger partial charge in [-0.15, -0.1) is 4.91 Å². The van der Waals surface area contributed by atoms with E-state index in [1.807, 2.05) is 0 Å². The number of hydrogen-bond acceptors (Lipinski definition) is 5. The van der Waals surface area contributed by atoms with Gasteiger partial charge in [0.2, 0.25) is 5.82 Å². The van der Waals surface area contributed by atoms with E-state index < -0.39 is 23.1 Å². The Kier molecular flexibility index (Phi) is 2.60. The molecule has 0 bridgehead atoms. The van der Waals surface area contributed by atoms with Crippen molar-refractivity contribution in [2.45, 2.75) is 0 Å². The highest BCUT2D eigenvalue weighted by molar-refractivity contribution is 5.81. The Morgan fingerprint density at radius 1 is 1.60 bits per heavy atom. The summed E-state index contributed by atoms with van der Waals surface area (Å²) in [5, 5.41) is 1.92. The zero-order valence-electron chi connectivity index (χ0n) is 7.01. The molecule has 1 heterocycles. The normalized spacial score (nSPS) is 9.67. The summed E-state index contributed by atoms with van der Waals surface area (Å²) >= 11 is 0. The molecule has 1 rings (SSSR count). The average Bonchev–Trinajstić information content (AvgIpc) is 2.14. The molecule has 0 aromatic carbocycles. The number of primary amides is 1. The third-order valence-electron chi connectivity index (χ3n) is 1.36. The van der Waals surface area contributed by atoms with Gasteiger partial charge in [-0.3, -0.25) is 9.78 Å². The molecular weight excluding hydrogens is 213 g/mol. The largest absolute Gasteiger partial charge is 0.358 e. The molecule has 0 aliphatic carbocycles. The molecule has 0 radical (unpaired) electrons. The first kappa shape index (κ1) is 10.6. The monoisotopic (exact) mass is 217 g/mol. The van der Waals surface area contributed by atoms with Crippen LogP contribution in [0.4, 0.5) is 9.18 Å². The van der Waals surface area contributed by atoms with Gasteiger partial charge >= 0.3 is 11.7 Å². The molecule has 0 spiro atoms. The minimum Gasteiger partial charge on any atom is -0.348 e. The van der Waals surface area contributed by atoms with Gasteiger partial charge in [0.25, 0.3) is 5.56 Å². The summed E-state index contributed by atoms with van der Waals surface area (Å²) in [6.07, 6.45) is 0.313. The van der Waals surface area contributed by atoms with Crippen molar-refractivity contribution in [3.05, 3.63) is 37.8 Å². The van der Waals surface area contributed by atoms with Crippen molar-refractivity contribution in [2.75, 3.05) is 5.12 Å². The highest BCUT2D eigenvalue weighted by Crippen LogP contribution is 1.88.